The predicted molar refractivity (Wildman–Crippen MR) is 71.8 cm³/mol. The molecule has 0 spiro atoms. The van der Waals surface area contributed by atoms with Crippen molar-refractivity contribution in [3.05, 3.63) is 0 Å². The first kappa shape index (κ1) is 13.9. The highest BCUT2D eigenvalue weighted by atomic mass is 32.1. The van der Waals surface area contributed by atoms with Gasteiger partial charge in [0, 0.05) is 19.5 Å². The molecular formula is C13H25NOS. The van der Waals surface area contributed by atoms with Crippen molar-refractivity contribution >= 4 is 18.5 Å². The van der Waals surface area contributed by atoms with Crippen LogP contribution in [0.3, 0.4) is 0 Å². The Balaban J connectivity index is 2.63. The summed E-state index contributed by atoms with van der Waals surface area (Å²) >= 11 is 4.35. The fourth-order valence-electron chi connectivity index (χ4n) is 2.02. The Bertz CT molecular complexity index is 261. The predicted octanol–water partition coefficient (Wildman–Crippen LogP) is 2.98. The van der Waals surface area contributed by atoms with E-state index in [9.17, 15) is 4.79 Å². The molecule has 0 unspecified atom stereocenters. The second kappa shape index (κ2) is 4.99. The summed E-state index contributed by atoms with van der Waals surface area (Å²) < 4.78 is 0. The molecule has 0 aliphatic carbocycles. The van der Waals surface area contributed by atoms with Crippen molar-refractivity contribution in [3.8, 4) is 0 Å². The lowest BCUT2D eigenvalue weighted by Crippen LogP contribution is -2.39. The van der Waals surface area contributed by atoms with Crippen molar-refractivity contribution in [2.24, 2.45) is 10.8 Å². The molecule has 0 saturated carbocycles. The van der Waals surface area contributed by atoms with E-state index in [0.717, 1.165) is 31.7 Å². The Kier molecular flexibility index (Phi) is 4.33. The minimum absolute atomic E-state index is 0.118. The average molecular weight is 243 g/mol. The van der Waals surface area contributed by atoms with Crippen molar-refractivity contribution in [2.45, 2.75) is 47.0 Å². The zero-order valence-electron chi connectivity index (χ0n) is 11.0. The van der Waals surface area contributed by atoms with Gasteiger partial charge in [0.15, 0.2) is 0 Å². The van der Waals surface area contributed by atoms with Crippen molar-refractivity contribution in [1.29, 1.82) is 0 Å². The lowest BCUT2D eigenvalue weighted by Gasteiger charge is -2.31. The van der Waals surface area contributed by atoms with Crippen LogP contribution in [0.5, 0.6) is 0 Å². The van der Waals surface area contributed by atoms with Crippen LogP contribution in [-0.4, -0.2) is 29.6 Å². The van der Waals surface area contributed by atoms with E-state index in [-0.39, 0.29) is 5.41 Å². The van der Waals surface area contributed by atoms with Gasteiger partial charge < -0.3 is 4.90 Å². The molecule has 0 aromatic carbocycles. The van der Waals surface area contributed by atoms with Crippen LogP contribution in [0.1, 0.15) is 47.0 Å². The molecule has 1 fully saturated rings. The van der Waals surface area contributed by atoms with E-state index < -0.39 is 0 Å². The van der Waals surface area contributed by atoms with Gasteiger partial charge in [0.1, 0.15) is 0 Å². The number of rotatable bonds is 3. The van der Waals surface area contributed by atoms with E-state index in [1.165, 1.54) is 0 Å². The fourth-order valence-corrected chi connectivity index (χ4v) is 2.12. The van der Waals surface area contributed by atoms with Crippen LogP contribution in [0.15, 0.2) is 0 Å². The number of carbonyl (C=O) groups is 1. The standard InChI is InChI=1S/C13H25NOS/c1-12(2)6-5-11(15)14(8-7-12)9-13(3,4)10-16/h16H,5-10H2,1-4H3. The van der Waals surface area contributed by atoms with Gasteiger partial charge in [-0.2, -0.15) is 12.6 Å². The van der Waals surface area contributed by atoms with Crippen LogP contribution in [0.25, 0.3) is 0 Å². The summed E-state index contributed by atoms with van der Waals surface area (Å²) in [6, 6.07) is 0. The molecule has 0 radical (unpaired) electrons. The Labute approximate surface area is 105 Å². The van der Waals surface area contributed by atoms with Gasteiger partial charge in [-0.1, -0.05) is 27.7 Å². The first-order valence-electron chi connectivity index (χ1n) is 6.14. The van der Waals surface area contributed by atoms with Crippen LogP contribution in [0.4, 0.5) is 0 Å². The SMILES string of the molecule is CC1(C)CCC(=O)N(CC(C)(C)CS)CC1. The summed E-state index contributed by atoms with van der Waals surface area (Å²) in [6.45, 7) is 10.6. The quantitative estimate of drug-likeness (QED) is 0.756. The topological polar surface area (TPSA) is 20.3 Å². The maximum Gasteiger partial charge on any atom is 0.222 e. The molecule has 0 bridgehead atoms. The smallest absolute Gasteiger partial charge is 0.222 e. The molecule has 3 heteroatoms. The van der Waals surface area contributed by atoms with E-state index in [2.05, 4.69) is 40.3 Å². The number of amides is 1. The third kappa shape index (κ3) is 4.00. The zero-order chi connectivity index (χ0) is 12.4. The molecule has 0 aromatic rings. The van der Waals surface area contributed by atoms with Gasteiger partial charge in [-0.15, -0.1) is 0 Å². The van der Waals surface area contributed by atoms with Crippen molar-refractivity contribution in [2.75, 3.05) is 18.8 Å². The number of hydrogen-bond acceptors (Lipinski definition) is 2. The van der Waals surface area contributed by atoms with Gasteiger partial charge in [-0.25, -0.2) is 0 Å². The van der Waals surface area contributed by atoms with Crippen molar-refractivity contribution in [1.82, 2.24) is 4.90 Å². The van der Waals surface area contributed by atoms with E-state index in [1.807, 2.05) is 4.90 Å². The van der Waals surface area contributed by atoms with Crippen LogP contribution >= 0.6 is 12.6 Å². The molecule has 1 amide bonds. The van der Waals surface area contributed by atoms with E-state index in [0.29, 0.717) is 17.7 Å². The highest BCUT2D eigenvalue weighted by Gasteiger charge is 2.30. The number of carbonyl (C=O) groups excluding carboxylic acids is 1. The second-order valence-corrected chi connectivity index (χ2v) is 6.87. The molecule has 16 heavy (non-hydrogen) atoms. The minimum atomic E-state index is 0.118. The molecular weight excluding hydrogens is 218 g/mol. The fraction of sp³-hybridized carbons (Fsp3) is 0.923. The lowest BCUT2D eigenvalue weighted by atomic mass is 9.85. The van der Waals surface area contributed by atoms with E-state index in [1.54, 1.807) is 0 Å². The zero-order valence-corrected chi connectivity index (χ0v) is 11.9. The van der Waals surface area contributed by atoms with Crippen LogP contribution in [0, 0.1) is 10.8 Å². The number of thiol groups is 1. The average Bonchev–Trinajstić information content (AvgIpc) is 2.31. The van der Waals surface area contributed by atoms with Crippen LogP contribution < -0.4 is 0 Å². The summed E-state index contributed by atoms with van der Waals surface area (Å²) in [6.07, 6.45) is 2.83. The molecule has 94 valence electrons. The molecule has 1 heterocycles. The molecule has 1 saturated heterocycles. The van der Waals surface area contributed by atoms with Gasteiger partial charge in [0.25, 0.3) is 0 Å². The van der Waals surface area contributed by atoms with Gasteiger partial charge in [0.05, 0.1) is 0 Å². The van der Waals surface area contributed by atoms with Crippen LogP contribution in [0.2, 0.25) is 0 Å². The van der Waals surface area contributed by atoms with Gasteiger partial charge >= 0.3 is 0 Å². The Morgan fingerprint density at radius 2 is 2.00 bits per heavy atom. The first-order valence-corrected chi connectivity index (χ1v) is 6.78. The Morgan fingerprint density at radius 1 is 1.38 bits per heavy atom. The maximum absolute atomic E-state index is 12.0. The summed E-state index contributed by atoms with van der Waals surface area (Å²) in [5.41, 5.74) is 0.433. The molecule has 1 aliphatic heterocycles. The molecule has 2 nitrogen and oxygen atoms in total. The maximum atomic E-state index is 12.0. The number of hydrogen-bond donors (Lipinski definition) is 1. The third-order valence-electron chi connectivity index (χ3n) is 3.47. The summed E-state index contributed by atoms with van der Waals surface area (Å²) in [7, 11) is 0. The molecule has 1 rings (SSSR count). The highest BCUT2D eigenvalue weighted by molar-refractivity contribution is 7.80. The first-order chi connectivity index (χ1) is 7.26. The van der Waals surface area contributed by atoms with Gasteiger partial charge in [-0.3, -0.25) is 4.79 Å². The monoisotopic (exact) mass is 243 g/mol. The molecule has 1 aliphatic rings. The third-order valence-corrected chi connectivity index (χ3v) is 4.33. The largest absolute Gasteiger partial charge is 0.342 e. The van der Waals surface area contributed by atoms with Crippen molar-refractivity contribution in [3.63, 3.8) is 0 Å². The lowest BCUT2D eigenvalue weighted by molar-refractivity contribution is -0.131. The minimum Gasteiger partial charge on any atom is -0.342 e. The molecule has 0 aromatic heterocycles. The Morgan fingerprint density at radius 3 is 2.56 bits per heavy atom. The summed E-state index contributed by atoms with van der Waals surface area (Å²) in [4.78, 5) is 14.0. The number of likely N-dealkylation sites (tertiary alicyclic amines) is 1. The molecule has 0 atom stereocenters. The second-order valence-electron chi connectivity index (χ2n) is 6.55. The summed E-state index contributed by atoms with van der Waals surface area (Å²) in [5, 5.41) is 0. The van der Waals surface area contributed by atoms with Crippen molar-refractivity contribution < 1.29 is 4.79 Å². The van der Waals surface area contributed by atoms with Gasteiger partial charge in [0.2, 0.25) is 5.91 Å². The van der Waals surface area contributed by atoms with E-state index >= 15 is 0 Å². The van der Waals surface area contributed by atoms with Gasteiger partial charge in [-0.05, 0) is 29.4 Å². The Hall–Kier alpha value is -0.180. The normalized spacial score (nSPS) is 22.1. The highest BCUT2D eigenvalue weighted by Crippen LogP contribution is 2.31. The van der Waals surface area contributed by atoms with Crippen LogP contribution in [-0.2, 0) is 4.79 Å². The molecule has 0 N–H and O–H groups in total. The summed E-state index contributed by atoms with van der Waals surface area (Å²) in [5.74, 6) is 1.14. The number of nitrogens with zero attached hydrogens (tertiary/aromatic N) is 1. The van der Waals surface area contributed by atoms with E-state index in [4.69, 9.17) is 0 Å².